The Morgan fingerprint density at radius 2 is 2.10 bits per heavy atom. The van der Waals surface area contributed by atoms with Crippen LogP contribution < -0.4 is 5.32 Å². The van der Waals surface area contributed by atoms with Crippen LogP contribution >= 0.6 is 0 Å². The number of aromatic nitrogens is 2. The molecule has 0 saturated heterocycles. The Bertz CT molecular complexity index is 718. The Balaban J connectivity index is 2.28. The van der Waals surface area contributed by atoms with E-state index in [0.29, 0.717) is 17.9 Å². The van der Waals surface area contributed by atoms with Crippen molar-refractivity contribution in [2.45, 2.75) is 32.0 Å². The number of nitrogens with zero attached hydrogens (tertiary/aromatic N) is 2. The van der Waals surface area contributed by atoms with Gasteiger partial charge in [0, 0.05) is 24.8 Å². The van der Waals surface area contributed by atoms with Crippen LogP contribution in [0.3, 0.4) is 0 Å². The van der Waals surface area contributed by atoms with E-state index >= 15 is 0 Å². The molecule has 2 rings (SSSR count). The molecule has 2 heterocycles. The van der Waals surface area contributed by atoms with Crippen molar-refractivity contribution in [3.8, 4) is 0 Å². The van der Waals surface area contributed by atoms with E-state index in [0.717, 1.165) is 11.5 Å². The lowest BCUT2D eigenvalue weighted by atomic mass is 10.3. The van der Waals surface area contributed by atoms with Gasteiger partial charge in [0.15, 0.2) is 5.03 Å². The fourth-order valence-corrected chi connectivity index (χ4v) is 3.34. The molecule has 2 aromatic heterocycles. The number of nitrogens with one attached hydrogen (secondary N) is 2. The molecule has 8 heteroatoms. The normalized spacial score (nSPS) is 12.2. The molecule has 2 aromatic rings. The number of sulfonamides is 1. The van der Waals surface area contributed by atoms with Crippen LogP contribution in [-0.4, -0.2) is 37.0 Å². The zero-order valence-corrected chi connectivity index (χ0v) is 13.4. The van der Waals surface area contributed by atoms with Gasteiger partial charge in [-0.3, -0.25) is 5.10 Å². The van der Waals surface area contributed by atoms with Gasteiger partial charge in [-0.25, -0.2) is 8.42 Å². The summed E-state index contributed by atoms with van der Waals surface area (Å²) in [6, 6.07) is 3.58. The highest BCUT2D eigenvalue weighted by Gasteiger charge is 2.28. The molecule has 0 unspecified atom stereocenters. The zero-order chi connectivity index (χ0) is 15.6. The summed E-state index contributed by atoms with van der Waals surface area (Å²) in [5, 5.41) is 9.69. The van der Waals surface area contributed by atoms with Gasteiger partial charge in [-0.05, 0) is 33.0 Å². The standard InChI is InChI=1S/C13H20N4O3S/c1-9-5-6-11(20-9)8-17(4)21(18,19)13-12(7-14-3)10(2)15-16-13/h5-6,14H,7-8H2,1-4H3,(H,15,16). The van der Waals surface area contributed by atoms with Crippen molar-refractivity contribution >= 4 is 10.0 Å². The summed E-state index contributed by atoms with van der Waals surface area (Å²) in [5.41, 5.74) is 1.39. The molecular formula is C13H20N4O3S. The molecule has 0 amide bonds. The number of aromatic amines is 1. The van der Waals surface area contributed by atoms with Crippen molar-refractivity contribution < 1.29 is 12.8 Å². The number of H-pyrrole nitrogens is 1. The fourth-order valence-electron chi connectivity index (χ4n) is 2.05. The smallest absolute Gasteiger partial charge is 0.262 e. The number of furan rings is 1. The van der Waals surface area contributed by atoms with Gasteiger partial charge in [-0.15, -0.1) is 0 Å². The molecule has 0 spiro atoms. The van der Waals surface area contributed by atoms with Gasteiger partial charge in [-0.2, -0.15) is 9.40 Å². The van der Waals surface area contributed by atoms with E-state index in [4.69, 9.17) is 4.42 Å². The zero-order valence-electron chi connectivity index (χ0n) is 12.6. The summed E-state index contributed by atoms with van der Waals surface area (Å²) in [4.78, 5) is 0. The van der Waals surface area contributed by atoms with Crippen molar-refractivity contribution in [2.24, 2.45) is 0 Å². The van der Waals surface area contributed by atoms with Gasteiger partial charge in [-0.1, -0.05) is 0 Å². The van der Waals surface area contributed by atoms with E-state index in [-0.39, 0.29) is 11.6 Å². The topological polar surface area (TPSA) is 91.2 Å². The molecular weight excluding hydrogens is 292 g/mol. The monoisotopic (exact) mass is 312 g/mol. The first-order chi connectivity index (χ1) is 9.86. The van der Waals surface area contributed by atoms with Gasteiger partial charge in [0.2, 0.25) is 0 Å². The minimum Gasteiger partial charge on any atom is -0.465 e. The molecule has 0 atom stereocenters. The van der Waals surface area contributed by atoms with Crippen molar-refractivity contribution in [3.63, 3.8) is 0 Å². The SMILES string of the molecule is CNCc1c(S(=O)(=O)N(C)Cc2ccc(C)o2)n[nH]c1C. The van der Waals surface area contributed by atoms with E-state index in [9.17, 15) is 8.42 Å². The molecule has 0 radical (unpaired) electrons. The third-order valence-electron chi connectivity index (χ3n) is 3.22. The van der Waals surface area contributed by atoms with Gasteiger partial charge in [0.05, 0.1) is 6.54 Å². The average molecular weight is 312 g/mol. The minimum absolute atomic E-state index is 0.0557. The first-order valence-electron chi connectivity index (χ1n) is 6.56. The van der Waals surface area contributed by atoms with Crippen LogP contribution in [-0.2, 0) is 23.1 Å². The Hall–Kier alpha value is -1.64. The molecule has 0 aliphatic carbocycles. The van der Waals surface area contributed by atoms with Crippen LogP contribution in [0.4, 0.5) is 0 Å². The van der Waals surface area contributed by atoms with Crippen LogP contribution in [0.15, 0.2) is 21.6 Å². The predicted octanol–water partition coefficient (Wildman–Crippen LogP) is 1.16. The quantitative estimate of drug-likeness (QED) is 0.835. The Morgan fingerprint density at radius 1 is 1.38 bits per heavy atom. The summed E-state index contributed by atoms with van der Waals surface area (Å²) in [6.45, 7) is 4.22. The van der Waals surface area contributed by atoms with Crippen LogP contribution in [0.1, 0.15) is 22.8 Å². The van der Waals surface area contributed by atoms with Gasteiger partial charge < -0.3 is 9.73 Å². The fraction of sp³-hybridized carbons (Fsp3) is 0.462. The van der Waals surface area contributed by atoms with Gasteiger partial charge in [0.1, 0.15) is 11.5 Å². The highest BCUT2D eigenvalue weighted by Crippen LogP contribution is 2.21. The number of hydrogen-bond acceptors (Lipinski definition) is 5. The molecule has 116 valence electrons. The largest absolute Gasteiger partial charge is 0.465 e. The molecule has 0 bridgehead atoms. The first kappa shape index (κ1) is 15.7. The third kappa shape index (κ3) is 3.17. The molecule has 7 nitrogen and oxygen atoms in total. The van der Waals surface area contributed by atoms with Gasteiger partial charge >= 0.3 is 0 Å². The summed E-state index contributed by atoms with van der Waals surface area (Å²) in [7, 11) is -0.393. The maximum Gasteiger partial charge on any atom is 0.262 e. The summed E-state index contributed by atoms with van der Waals surface area (Å²) >= 11 is 0. The lowest BCUT2D eigenvalue weighted by Crippen LogP contribution is -2.28. The number of hydrogen-bond donors (Lipinski definition) is 2. The van der Waals surface area contributed by atoms with Crippen LogP contribution in [0, 0.1) is 13.8 Å². The Morgan fingerprint density at radius 3 is 2.67 bits per heavy atom. The summed E-state index contributed by atoms with van der Waals surface area (Å²) in [5.74, 6) is 1.35. The second kappa shape index (κ2) is 6.00. The second-order valence-electron chi connectivity index (χ2n) is 4.94. The van der Waals surface area contributed by atoms with Crippen LogP contribution in [0.2, 0.25) is 0 Å². The molecule has 0 aliphatic rings. The highest BCUT2D eigenvalue weighted by atomic mass is 32.2. The first-order valence-corrected chi connectivity index (χ1v) is 8.00. The van der Waals surface area contributed by atoms with Crippen LogP contribution in [0.5, 0.6) is 0 Å². The summed E-state index contributed by atoms with van der Waals surface area (Å²) < 4.78 is 31.9. The second-order valence-corrected chi connectivity index (χ2v) is 6.90. The average Bonchev–Trinajstić information content (AvgIpc) is 2.98. The third-order valence-corrected chi connectivity index (χ3v) is 4.99. The number of aryl methyl sites for hydroxylation is 2. The minimum atomic E-state index is -3.67. The lowest BCUT2D eigenvalue weighted by Gasteiger charge is -2.15. The van der Waals surface area contributed by atoms with E-state index < -0.39 is 10.0 Å². The van der Waals surface area contributed by atoms with Crippen molar-refractivity contribution in [2.75, 3.05) is 14.1 Å². The molecule has 2 N–H and O–H groups in total. The van der Waals surface area contributed by atoms with E-state index in [1.807, 2.05) is 6.92 Å². The maximum atomic E-state index is 12.6. The highest BCUT2D eigenvalue weighted by molar-refractivity contribution is 7.89. The molecule has 0 aromatic carbocycles. The van der Waals surface area contributed by atoms with Crippen molar-refractivity contribution in [1.82, 2.24) is 19.8 Å². The number of rotatable bonds is 6. The molecule has 21 heavy (non-hydrogen) atoms. The van der Waals surface area contributed by atoms with E-state index in [1.54, 1.807) is 26.1 Å². The molecule has 0 fully saturated rings. The van der Waals surface area contributed by atoms with Crippen molar-refractivity contribution in [1.29, 1.82) is 0 Å². The predicted molar refractivity (Wildman–Crippen MR) is 78.2 cm³/mol. The summed E-state index contributed by atoms with van der Waals surface area (Å²) in [6.07, 6.45) is 0. The molecule has 0 saturated carbocycles. The lowest BCUT2D eigenvalue weighted by molar-refractivity contribution is 0.396. The van der Waals surface area contributed by atoms with E-state index in [2.05, 4.69) is 15.5 Å². The van der Waals surface area contributed by atoms with Gasteiger partial charge in [0.25, 0.3) is 10.0 Å². The Kier molecular flexibility index (Phi) is 4.50. The maximum absolute atomic E-state index is 12.6. The van der Waals surface area contributed by atoms with Crippen LogP contribution in [0.25, 0.3) is 0 Å². The van der Waals surface area contributed by atoms with E-state index in [1.165, 1.54) is 11.4 Å². The molecule has 0 aliphatic heterocycles. The Labute approximate surface area is 124 Å². The van der Waals surface area contributed by atoms with Crippen molar-refractivity contribution in [3.05, 3.63) is 34.9 Å².